The van der Waals surface area contributed by atoms with Crippen LogP contribution in [0.2, 0.25) is 0 Å². The molecule has 1 amide bonds. The van der Waals surface area contributed by atoms with Crippen molar-refractivity contribution in [3.05, 3.63) is 64.8 Å². The predicted molar refractivity (Wildman–Crippen MR) is 106 cm³/mol. The number of carbonyl (C=O) groups is 1. The largest absolute Gasteiger partial charge is 0.497 e. The molecule has 3 heterocycles. The van der Waals surface area contributed by atoms with Crippen LogP contribution in [0.15, 0.2) is 52.5 Å². The molecule has 0 aliphatic heterocycles. The van der Waals surface area contributed by atoms with Gasteiger partial charge in [0, 0.05) is 23.7 Å². The molecule has 0 radical (unpaired) electrons. The van der Waals surface area contributed by atoms with E-state index in [-0.39, 0.29) is 0 Å². The van der Waals surface area contributed by atoms with Crippen LogP contribution >= 0.6 is 11.3 Å². The number of hydrogen-bond donors (Lipinski definition) is 1. The first-order valence-electron chi connectivity index (χ1n) is 8.56. The number of methoxy groups -OCH3 is 1. The third kappa shape index (κ3) is 3.29. The Morgan fingerprint density at radius 2 is 2.18 bits per heavy atom. The molecule has 4 rings (SSSR count). The molecule has 7 nitrogen and oxygen atoms in total. The molecule has 8 heteroatoms. The van der Waals surface area contributed by atoms with Crippen molar-refractivity contribution in [1.29, 1.82) is 0 Å². The molecule has 0 spiro atoms. The third-order valence-electron chi connectivity index (χ3n) is 4.52. The van der Waals surface area contributed by atoms with E-state index < -0.39 is 5.91 Å². The number of aromatic nitrogens is 3. The van der Waals surface area contributed by atoms with Crippen LogP contribution in [0.5, 0.6) is 5.75 Å². The second-order valence-electron chi connectivity index (χ2n) is 6.25. The van der Waals surface area contributed by atoms with Gasteiger partial charge in [0.15, 0.2) is 10.8 Å². The lowest BCUT2D eigenvalue weighted by atomic mass is 10.2. The third-order valence-corrected chi connectivity index (χ3v) is 5.38. The van der Waals surface area contributed by atoms with Gasteiger partial charge >= 0.3 is 0 Å². The molecule has 1 aromatic carbocycles. The second-order valence-corrected chi connectivity index (χ2v) is 7.10. The molecule has 28 heavy (non-hydrogen) atoms. The monoisotopic (exact) mass is 394 g/mol. The Bertz CT molecular complexity index is 1130. The van der Waals surface area contributed by atoms with Crippen molar-refractivity contribution in [2.75, 3.05) is 7.11 Å². The molecule has 0 bridgehead atoms. The fourth-order valence-electron chi connectivity index (χ4n) is 3.09. The Kier molecular flexibility index (Phi) is 4.70. The van der Waals surface area contributed by atoms with E-state index in [1.165, 1.54) is 11.3 Å². The zero-order valence-corrected chi connectivity index (χ0v) is 16.2. The average molecular weight is 394 g/mol. The number of benzene rings is 1. The quantitative estimate of drug-likeness (QED) is 0.537. The van der Waals surface area contributed by atoms with E-state index in [1.54, 1.807) is 25.4 Å². The Hall–Kier alpha value is -3.39. The summed E-state index contributed by atoms with van der Waals surface area (Å²) < 4.78 is 12.5. The number of thiazole rings is 1. The number of amides is 1. The maximum absolute atomic E-state index is 11.9. The van der Waals surface area contributed by atoms with Gasteiger partial charge in [-0.25, -0.2) is 4.98 Å². The lowest BCUT2D eigenvalue weighted by Crippen LogP contribution is -2.12. The maximum atomic E-state index is 11.9. The minimum Gasteiger partial charge on any atom is -0.497 e. The van der Waals surface area contributed by atoms with Gasteiger partial charge in [-0.15, -0.1) is 11.3 Å². The van der Waals surface area contributed by atoms with Crippen LogP contribution in [0.4, 0.5) is 0 Å². The zero-order valence-electron chi connectivity index (χ0n) is 15.4. The van der Waals surface area contributed by atoms with Crippen LogP contribution in [-0.2, 0) is 6.54 Å². The second kappa shape index (κ2) is 7.32. The van der Waals surface area contributed by atoms with Crippen LogP contribution < -0.4 is 10.5 Å². The Morgan fingerprint density at radius 3 is 2.89 bits per heavy atom. The number of nitrogens with two attached hydrogens (primary N) is 1. The van der Waals surface area contributed by atoms with Crippen LogP contribution in [0, 0.1) is 6.92 Å². The molecule has 142 valence electrons. The lowest BCUT2D eigenvalue weighted by molar-refractivity contribution is 0.0999. The zero-order chi connectivity index (χ0) is 19.7. The number of hydrogen-bond acceptors (Lipinski definition) is 6. The number of nitrogens with zero attached hydrogens (tertiary/aromatic N) is 3. The first-order chi connectivity index (χ1) is 13.6. The smallest absolute Gasteiger partial charge is 0.250 e. The molecule has 3 aromatic heterocycles. The standard InChI is InChI=1S/C20H18N4O3S/c1-12-15(19(21)25)9-17(16-11-28-20(23-16)18-6-7-22-27-18)24(12)10-13-4-3-5-14(8-13)26-2/h3-9,11H,10H2,1-2H3,(H2,21,25). The van der Waals surface area contributed by atoms with Crippen LogP contribution in [0.1, 0.15) is 21.6 Å². The maximum Gasteiger partial charge on any atom is 0.250 e. The van der Waals surface area contributed by atoms with E-state index in [2.05, 4.69) is 10.1 Å². The van der Waals surface area contributed by atoms with E-state index in [0.29, 0.717) is 17.9 Å². The highest BCUT2D eigenvalue weighted by Gasteiger charge is 2.20. The van der Waals surface area contributed by atoms with Gasteiger partial charge < -0.3 is 19.6 Å². The Labute approximate surface area is 165 Å². The molecule has 0 fully saturated rings. The van der Waals surface area contributed by atoms with E-state index in [4.69, 9.17) is 15.0 Å². The van der Waals surface area contributed by atoms with Crippen molar-refractivity contribution in [2.24, 2.45) is 5.73 Å². The predicted octanol–water partition coefficient (Wildman–Crippen LogP) is 3.73. The normalized spacial score (nSPS) is 10.9. The molecule has 0 aliphatic carbocycles. The first kappa shape index (κ1) is 18.0. The summed E-state index contributed by atoms with van der Waals surface area (Å²) in [5.74, 6) is 0.920. The summed E-state index contributed by atoms with van der Waals surface area (Å²) in [6, 6.07) is 11.4. The minimum atomic E-state index is -0.464. The van der Waals surface area contributed by atoms with Crippen molar-refractivity contribution >= 4 is 17.2 Å². The summed E-state index contributed by atoms with van der Waals surface area (Å²) in [6.07, 6.45) is 1.58. The summed E-state index contributed by atoms with van der Waals surface area (Å²) in [5, 5.41) is 6.38. The van der Waals surface area contributed by atoms with Crippen LogP contribution in [0.25, 0.3) is 22.2 Å². The van der Waals surface area contributed by atoms with E-state index in [9.17, 15) is 4.79 Å². The highest BCUT2D eigenvalue weighted by Crippen LogP contribution is 2.32. The van der Waals surface area contributed by atoms with E-state index >= 15 is 0 Å². The molecular formula is C20H18N4O3S. The van der Waals surface area contributed by atoms with Gasteiger partial charge in [-0.1, -0.05) is 17.3 Å². The van der Waals surface area contributed by atoms with Crippen LogP contribution in [-0.4, -0.2) is 27.7 Å². The van der Waals surface area contributed by atoms with E-state index in [1.807, 2.05) is 41.1 Å². The minimum absolute atomic E-state index is 0.464. The highest BCUT2D eigenvalue weighted by atomic mass is 32.1. The fraction of sp³-hybridized carbons (Fsp3) is 0.150. The topological polar surface area (TPSA) is 96.2 Å². The van der Waals surface area contributed by atoms with Gasteiger partial charge in [-0.3, -0.25) is 4.79 Å². The molecule has 2 N–H and O–H groups in total. The lowest BCUT2D eigenvalue weighted by Gasteiger charge is -2.12. The Balaban J connectivity index is 1.78. The highest BCUT2D eigenvalue weighted by molar-refractivity contribution is 7.13. The van der Waals surface area contributed by atoms with Gasteiger partial charge in [-0.2, -0.15) is 0 Å². The van der Waals surface area contributed by atoms with Crippen molar-refractivity contribution in [1.82, 2.24) is 14.7 Å². The van der Waals surface area contributed by atoms with Gasteiger partial charge in [0.25, 0.3) is 5.91 Å². The van der Waals surface area contributed by atoms with Gasteiger partial charge in [0.05, 0.1) is 30.3 Å². The van der Waals surface area contributed by atoms with Crippen molar-refractivity contribution in [2.45, 2.75) is 13.5 Å². The van der Waals surface area contributed by atoms with Crippen molar-refractivity contribution < 1.29 is 14.1 Å². The Morgan fingerprint density at radius 1 is 1.32 bits per heavy atom. The SMILES string of the molecule is COc1cccc(Cn2c(-c3csc(-c4ccno4)n3)cc(C(N)=O)c2C)c1. The number of carbonyl (C=O) groups excluding carboxylic acids is 1. The summed E-state index contributed by atoms with van der Waals surface area (Å²) in [7, 11) is 1.64. The summed E-state index contributed by atoms with van der Waals surface area (Å²) in [4.78, 5) is 16.6. The molecule has 0 saturated carbocycles. The molecule has 0 unspecified atom stereocenters. The molecule has 0 aliphatic rings. The summed E-state index contributed by atoms with van der Waals surface area (Å²) in [6.45, 7) is 2.44. The van der Waals surface area contributed by atoms with Crippen molar-refractivity contribution in [3.8, 4) is 27.9 Å². The average Bonchev–Trinajstić information content (AvgIpc) is 3.42. The number of primary amides is 1. The first-order valence-corrected chi connectivity index (χ1v) is 9.44. The van der Waals surface area contributed by atoms with Crippen LogP contribution in [0.3, 0.4) is 0 Å². The summed E-state index contributed by atoms with van der Waals surface area (Å²) >= 11 is 1.45. The molecular weight excluding hydrogens is 376 g/mol. The number of ether oxygens (including phenoxy) is 1. The van der Waals surface area contributed by atoms with Gasteiger partial charge in [0.2, 0.25) is 0 Å². The molecule has 4 aromatic rings. The fourth-order valence-corrected chi connectivity index (χ4v) is 3.86. The van der Waals surface area contributed by atoms with Gasteiger partial charge in [0.1, 0.15) is 5.75 Å². The molecule has 0 saturated heterocycles. The molecule has 0 atom stereocenters. The van der Waals surface area contributed by atoms with Crippen molar-refractivity contribution in [3.63, 3.8) is 0 Å². The van der Waals surface area contributed by atoms with E-state index in [0.717, 1.165) is 33.4 Å². The summed E-state index contributed by atoms with van der Waals surface area (Å²) in [5.41, 5.74) is 9.46. The van der Waals surface area contributed by atoms with Gasteiger partial charge in [-0.05, 0) is 30.7 Å². The number of rotatable bonds is 6.